The highest BCUT2D eigenvalue weighted by Gasteiger charge is 2.30. The highest BCUT2D eigenvalue weighted by Crippen LogP contribution is 2.31. The monoisotopic (exact) mass is 447 g/mol. The van der Waals surface area contributed by atoms with Crippen LogP contribution in [0.4, 0.5) is 13.2 Å². The molecule has 0 aliphatic rings. The number of carbonyl (C=O) groups is 1. The van der Waals surface area contributed by atoms with Crippen molar-refractivity contribution in [3.63, 3.8) is 0 Å². The molecule has 0 amide bonds. The zero-order valence-corrected chi connectivity index (χ0v) is 16.1. The van der Waals surface area contributed by atoms with Gasteiger partial charge in [0.15, 0.2) is 0 Å². The van der Waals surface area contributed by atoms with Crippen LogP contribution in [0.25, 0.3) is 0 Å². The van der Waals surface area contributed by atoms with Gasteiger partial charge < -0.3 is 9.15 Å². The summed E-state index contributed by atoms with van der Waals surface area (Å²) in [4.78, 5) is 15.9. The lowest BCUT2D eigenvalue weighted by molar-refractivity contribution is -0.137. The van der Waals surface area contributed by atoms with E-state index in [1.54, 1.807) is 6.07 Å². The Bertz CT molecular complexity index is 990. The first-order valence-electron chi connectivity index (χ1n) is 7.64. The lowest BCUT2D eigenvalue weighted by Gasteiger charge is -2.06. The van der Waals surface area contributed by atoms with Crippen LogP contribution >= 0.6 is 35.0 Å². The molecule has 2 heterocycles. The van der Waals surface area contributed by atoms with Gasteiger partial charge in [-0.05, 0) is 42.5 Å². The number of halogens is 5. The molecule has 4 nitrogen and oxygen atoms in total. The number of carbonyl (C=O) groups excluding carboxylic acids is 1. The standard InChI is InChI=1S/C18H10Cl2F3NO3S/c19-11-2-4-14(13(20)7-11)27-17(25)15-5-3-12(26-15)9-28-16-6-1-10(8-24-16)18(21,22)23/h1-8H,9H2. The molecule has 0 fully saturated rings. The Kier molecular flexibility index (Phi) is 6.22. The van der Waals surface area contributed by atoms with Gasteiger partial charge in [0, 0.05) is 11.2 Å². The second-order valence-corrected chi connectivity index (χ2v) is 7.24. The number of ether oxygens (including phenoxy) is 1. The lowest BCUT2D eigenvalue weighted by atomic mass is 10.3. The Morgan fingerprint density at radius 1 is 1.14 bits per heavy atom. The average molecular weight is 448 g/mol. The zero-order valence-electron chi connectivity index (χ0n) is 13.8. The molecule has 0 atom stereocenters. The number of pyridine rings is 1. The van der Waals surface area contributed by atoms with Crippen molar-refractivity contribution in [2.75, 3.05) is 0 Å². The van der Waals surface area contributed by atoms with Crippen LogP contribution in [0, 0.1) is 0 Å². The third-order valence-electron chi connectivity index (χ3n) is 3.39. The van der Waals surface area contributed by atoms with Gasteiger partial charge in [0.2, 0.25) is 5.76 Å². The van der Waals surface area contributed by atoms with Gasteiger partial charge in [-0.1, -0.05) is 35.0 Å². The molecule has 0 aliphatic heterocycles. The maximum Gasteiger partial charge on any atom is 0.417 e. The van der Waals surface area contributed by atoms with Gasteiger partial charge in [0.05, 0.1) is 21.4 Å². The van der Waals surface area contributed by atoms with E-state index in [2.05, 4.69) is 4.98 Å². The van der Waals surface area contributed by atoms with Crippen molar-refractivity contribution in [1.29, 1.82) is 0 Å². The number of esters is 1. The minimum absolute atomic E-state index is 0.0398. The number of alkyl halides is 3. The molecule has 10 heteroatoms. The van der Waals surface area contributed by atoms with Gasteiger partial charge >= 0.3 is 12.1 Å². The summed E-state index contributed by atoms with van der Waals surface area (Å²) in [7, 11) is 0. The maximum atomic E-state index is 12.5. The summed E-state index contributed by atoms with van der Waals surface area (Å²) < 4.78 is 48.2. The molecule has 28 heavy (non-hydrogen) atoms. The normalized spacial score (nSPS) is 11.5. The molecular weight excluding hydrogens is 438 g/mol. The molecule has 0 saturated carbocycles. The SMILES string of the molecule is O=C(Oc1ccc(Cl)cc1Cl)c1ccc(CSc2ccc(C(F)(F)F)cn2)o1. The van der Waals surface area contributed by atoms with E-state index in [0.717, 1.165) is 12.3 Å². The second-order valence-electron chi connectivity index (χ2n) is 5.40. The number of rotatable bonds is 5. The average Bonchev–Trinajstić information content (AvgIpc) is 3.11. The topological polar surface area (TPSA) is 52.3 Å². The molecule has 1 aromatic carbocycles. The smallest absolute Gasteiger partial charge is 0.417 e. The molecule has 0 aliphatic carbocycles. The van der Waals surface area contributed by atoms with E-state index >= 15 is 0 Å². The predicted octanol–water partition coefficient (Wildman–Crippen LogP) is 6.51. The number of aromatic nitrogens is 1. The summed E-state index contributed by atoms with van der Waals surface area (Å²) in [6.07, 6.45) is -3.66. The van der Waals surface area contributed by atoms with Crippen LogP contribution in [0.3, 0.4) is 0 Å². The van der Waals surface area contributed by atoms with Crippen LogP contribution in [0.5, 0.6) is 5.75 Å². The number of thioether (sulfide) groups is 1. The van der Waals surface area contributed by atoms with E-state index in [9.17, 15) is 18.0 Å². The first-order valence-corrected chi connectivity index (χ1v) is 9.38. The summed E-state index contributed by atoms with van der Waals surface area (Å²) in [6, 6.07) is 9.65. The lowest BCUT2D eigenvalue weighted by Crippen LogP contribution is -2.07. The zero-order chi connectivity index (χ0) is 20.3. The Morgan fingerprint density at radius 3 is 2.57 bits per heavy atom. The quantitative estimate of drug-likeness (QED) is 0.253. The molecule has 0 saturated heterocycles. The molecule has 3 rings (SSSR count). The van der Waals surface area contributed by atoms with Crippen molar-refractivity contribution in [2.24, 2.45) is 0 Å². The molecule has 2 aromatic heterocycles. The summed E-state index contributed by atoms with van der Waals surface area (Å²) in [5.41, 5.74) is -0.819. The Balaban J connectivity index is 1.60. The summed E-state index contributed by atoms with van der Waals surface area (Å²) in [6.45, 7) is 0. The van der Waals surface area contributed by atoms with Gasteiger partial charge in [-0.15, -0.1) is 0 Å². The number of furan rings is 1. The number of nitrogens with zero attached hydrogens (tertiary/aromatic N) is 1. The van der Waals surface area contributed by atoms with E-state index in [1.165, 1.54) is 42.1 Å². The highest BCUT2D eigenvalue weighted by atomic mass is 35.5. The van der Waals surface area contributed by atoms with Gasteiger partial charge in [-0.2, -0.15) is 13.2 Å². The van der Waals surface area contributed by atoms with Gasteiger partial charge in [-0.3, -0.25) is 0 Å². The third-order valence-corrected chi connectivity index (χ3v) is 4.88. The van der Waals surface area contributed by atoms with Crippen LogP contribution in [0.1, 0.15) is 21.9 Å². The fourth-order valence-corrected chi connectivity index (χ4v) is 3.24. The Hall–Kier alpha value is -2.16. The first kappa shape index (κ1) is 20.6. The van der Waals surface area contributed by atoms with Crippen molar-refractivity contribution in [3.8, 4) is 5.75 Å². The van der Waals surface area contributed by atoms with Crippen molar-refractivity contribution in [1.82, 2.24) is 4.98 Å². The molecule has 3 aromatic rings. The third kappa shape index (κ3) is 5.21. The minimum atomic E-state index is -4.43. The van der Waals surface area contributed by atoms with Crippen LogP contribution in [0.2, 0.25) is 10.0 Å². The molecule has 0 unspecified atom stereocenters. The number of hydrogen-bond donors (Lipinski definition) is 0. The van der Waals surface area contributed by atoms with Crippen LogP contribution in [0.15, 0.2) is 58.1 Å². The first-order chi connectivity index (χ1) is 13.2. The number of hydrogen-bond acceptors (Lipinski definition) is 5. The van der Waals surface area contributed by atoms with E-state index in [0.29, 0.717) is 15.8 Å². The van der Waals surface area contributed by atoms with Crippen molar-refractivity contribution < 1.29 is 27.1 Å². The molecule has 0 N–H and O–H groups in total. The van der Waals surface area contributed by atoms with Gasteiger partial charge in [0.25, 0.3) is 0 Å². The molecular formula is C18H10Cl2F3NO3S. The highest BCUT2D eigenvalue weighted by molar-refractivity contribution is 7.98. The van der Waals surface area contributed by atoms with Crippen molar-refractivity contribution >= 4 is 40.9 Å². The Labute approximate surface area is 171 Å². The summed E-state index contributed by atoms with van der Waals surface area (Å²) in [5, 5.41) is 0.969. The molecule has 0 spiro atoms. The van der Waals surface area contributed by atoms with Crippen molar-refractivity contribution in [3.05, 3.63) is 75.8 Å². The van der Waals surface area contributed by atoms with Crippen LogP contribution in [-0.2, 0) is 11.9 Å². The fraction of sp³-hybridized carbons (Fsp3) is 0.111. The van der Waals surface area contributed by atoms with Crippen molar-refractivity contribution in [2.45, 2.75) is 17.0 Å². The largest absolute Gasteiger partial charge is 0.453 e. The van der Waals surface area contributed by atoms with Crippen LogP contribution in [-0.4, -0.2) is 11.0 Å². The number of benzene rings is 1. The van der Waals surface area contributed by atoms with Gasteiger partial charge in [0.1, 0.15) is 11.5 Å². The maximum absolute atomic E-state index is 12.5. The van der Waals surface area contributed by atoms with E-state index in [-0.39, 0.29) is 22.3 Å². The summed E-state index contributed by atoms with van der Waals surface area (Å²) in [5.74, 6) is 0.0567. The van der Waals surface area contributed by atoms with E-state index in [4.69, 9.17) is 32.4 Å². The summed E-state index contributed by atoms with van der Waals surface area (Å²) >= 11 is 12.9. The molecule has 0 bridgehead atoms. The van der Waals surface area contributed by atoms with Gasteiger partial charge in [-0.25, -0.2) is 9.78 Å². The van der Waals surface area contributed by atoms with Crippen LogP contribution < -0.4 is 4.74 Å². The minimum Gasteiger partial charge on any atom is -0.453 e. The second kappa shape index (κ2) is 8.46. The Morgan fingerprint density at radius 2 is 1.93 bits per heavy atom. The molecule has 0 radical (unpaired) electrons. The molecule has 146 valence electrons. The van der Waals surface area contributed by atoms with E-state index < -0.39 is 17.7 Å². The van der Waals surface area contributed by atoms with E-state index in [1.807, 2.05) is 0 Å². The predicted molar refractivity (Wildman–Crippen MR) is 98.9 cm³/mol. The fourth-order valence-electron chi connectivity index (χ4n) is 2.05.